The fourth-order valence-electron chi connectivity index (χ4n) is 3.92. The lowest BCUT2D eigenvalue weighted by Gasteiger charge is -2.25. The van der Waals surface area contributed by atoms with Gasteiger partial charge in [-0.1, -0.05) is 19.9 Å². The molecule has 39 heavy (non-hydrogen) atoms. The number of carbonyl (C=O) groups excluding carboxylic acids is 2. The summed E-state index contributed by atoms with van der Waals surface area (Å²) in [6.45, 7) is 7.81. The molecule has 1 aliphatic heterocycles. The van der Waals surface area contributed by atoms with Crippen molar-refractivity contribution in [1.82, 2.24) is 14.8 Å². The first kappa shape index (κ1) is 31.0. The minimum atomic E-state index is -1.82. The summed E-state index contributed by atoms with van der Waals surface area (Å²) in [7, 11) is 3.92. The van der Waals surface area contributed by atoms with E-state index in [1.54, 1.807) is 41.6 Å². The maximum Gasteiger partial charge on any atom is 0.414 e. The number of carboxylic acid groups (broad SMARTS) is 2. The molecule has 2 heterocycles. The predicted octanol–water partition coefficient (Wildman–Crippen LogP) is 2.95. The van der Waals surface area contributed by atoms with Crippen LogP contribution in [0.2, 0.25) is 0 Å². The Morgan fingerprint density at radius 1 is 1.10 bits per heavy atom. The number of hydrogen-bond acceptors (Lipinski definition) is 8. The SMILES string of the molecule is Cc1cc(/C(O)=C2\C(=O)C(=O)N(CCCN(C)C)C2c2cccnc2)ccc1OCC(C)C.O=C(O)C(=O)O. The average molecular weight is 542 g/mol. The number of Topliss-reactive ketones (excluding diaryl/α,β-unsaturated/α-hetero) is 1. The van der Waals surface area contributed by atoms with E-state index in [-0.39, 0.29) is 11.3 Å². The van der Waals surface area contributed by atoms with Crippen LogP contribution in [0.15, 0.2) is 48.3 Å². The molecule has 2 aromatic rings. The van der Waals surface area contributed by atoms with E-state index < -0.39 is 29.7 Å². The number of nitrogens with zero attached hydrogens (tertiary/aromatic N) is 3. The van der Waals surface area contributed by atoms with Gasteiger partial charge in [-0.2, -0.15) is 0 Å². The normalized spacial score (nSPS) is 16.3. The maximum absolute atomic E-state index is 13.1. The highest BCUT2D eigenvalue weighted by Crippen LogP contribution is 2.39. The van der Waals surface area contributed by atoms with Crippen LogP contribution < -0.4 is 4.74 Å². The Kier molecular flexibility index (Phi) is 11.2. The monoisotopic (exact) mass is 541 g/mol. The number of likely N-dealkylation sites (tertiary alicyclic amines) is 1. The van der Waals surface area contributed by atoms with Crippen molar-refractivity contribution < 1.29 is 39.2 Å². The molecule has 1 aliphatic rings. The summed E-state index contributed by atoms with van der Waals surface area (Å²) in [5.41, 5.74) is 2.10. The number of pyridine rings is 1. The summed E-state index contributed by atoms with van der Waals surface area (Å²) in [5.74, 6) is -3.99. The zero-order chi connectivity index (χ0) is 29.3. The molecular weight excluding hydrogens is 506 g/mol. The summed E-state index contributed by atoms with van der Waals surface area (Å²) in [6.07, 6.45) is 3.98. The molecule has 1 saturated heterocycles. The molecule has 210 valence electrons. The van der Waals surface area contributed by atoms with Gasteiger partial charge >= 0.3 is 11.9 Å². The Balaban J connectivity index is 0.000000798. The molecule has 1 aromatic heterocycles. The first-order valence-electron chi connectivity index (χ1n) is 12.4. The van der Waals surface area contributed by atoms with Gasteiger partial charge in [0.15, 0.2) is 0 Å². The average Bonchev–Trinajstić information content (AvgIpc) is 3.13. The number of rotatable bonds is 9. The van der Waals surface area contributed by atoms with Crippen LogP contribution in [0.5, 0.6) is 5.75 Å². The molecule has 1 atom stereocenters. The first-order valence-corrected chi connectivity index (χ1v) is 12.4. The minimum Gasteiger partial charge on any atom is -0.507 e. The van der Waals surface area contributed by atoms with Crippen LogP contribution in [0.25, 0.3) is 5.76 Å². The Bertz CT molecular complexity index is 1210. The molecule has 1 aromatic carbocycles. The molecule has 1 unspecified atom stereocenters. The van der Waals surface area contributed by atoms with Crippen molar-refractivity contribution >= 4 is 29.4 Å². The summed E-state index contributed by atoms with van der Waals surface area (Å²) >= 11 is 0. The van der Waals surface area contributed by atoms with Gasteiger partial charge in [0.2, 0.25) is 0 Å². The van der Waals surface area contributed by atoms with Crippen LogP contribution in [0, 0.1) is 12.8 Å². The number of aryl methyl sites for hydroxylation is 1. The van der Waals surface area contributed by atoms with E-state index in [0.29, 0.717) is 36.6 Å². The number of aliphatic carboxylic acids is 2. The van der Waals surface area contributed by atoms with Crippen LogP contribution in [0.4, 0.5) is 0 Å². The lowest BCUT2D eigenvalue weighted by molar-refractivity contribution is -0.159. The molecular formula is C28H35N3O8. The smallest absolute Gasteiger partial charge is 0.414 e. The molecule has 11 heteroatoms. The molecule has 0 spiro atoms. The molecule has 0 bridgehead atoms. The number of ketones is 1. The fourth-order valence-corrected chi connectivity index (χ4v) is 3.92. The number of aromatic nitrogens is 1. The molecule has 1 fully saturated rings. The second kappa shape index (κ2) is 14.1. The third-order valence-electron chi connectivity index (χ3n) is 5.75. The number of benzene rings is 1. The van der Waals surface area contributed by atoms with Crippen molar-refractivity contribution in [2.24, 2.45) is 5.92 Å². The summed E-state index contributed by atoms with van der Waals surface area (Å²) < 4.78 is 5.83. The van der Waals surface area contributed by atoms with Crippen LogP contribution in [0.3, 0.4) is 0 Å². The number of hydrogen-bond donors (Lipinski definition) is 3. The molecule has 11 nitrogen and oxygen atoms in total. The second-order valence-electron chi connectivity index (χ2n) is 9.73. The minimum absolute atomic E-state index is 0.0908. The molecule has 0 radical (unpaired) electrons. The van der Waals surface area contributed by atoms with Gasteiger partial charge in [-0.3, -0.25) is 14.6 Å². The standard InChI is InChI=1S/C26H33N3O4.C2H2O4/c1-17(2)16-33-21-10-9-19(14-18(21)3)24(30)22-23(20-8-6-11-27-15-20)29(26(32)25(22)31)13-7-12-28(4)5;3-1(4)2(5)6/h6,8-11,14-15,17,23,30H,7,12-13,16H2,1-5H3;(H,3,4)(H,5,6)/b24-22+;. The van der Waals surface area contributed by atoms with Crippen LogP contribution >= 0.6 is 0 Å². The van der Waals surface area contributed by atoms with Gasteiger partial charge in [0.05, 0.1) is 18.2 Å². The van der Waals surface area contributed by atoms with Crippen molar-refractivity contribution in [3.63, 3.8) is 0 Å². The number of carboxylic acids is 2. The molecule has 3 N–H and O–H groups in total. The highest BCUT2D eigenvalue weighted by Gasteiger charge is 2.45. The van der Waals surface area contributed by atoms with E-state index in [9.17, 15) is 14.7 Å². The number of ether oxygens (including phenoxy) is 1. The van der Waals surface area contributed by atoms with Gasteiger partial charge in [-0.05, 0) is 75.3 Å². The molecule has 3 rings (SSSR count). The number of carbonyl (C=O) groups is 4. The van der Waals surface area contributed by atoms with E-state index in [1.807, 2.05) is 32.0 Å². The Morgan fingerprint density at radius 3 is 2.28 bits per heavy atom. The van der Waals surface area contributed by atoms with Crippen molar-refractivity contribution in [3.05, 3.63) is 65.0 Å². The molecule has 1 amide bonds. The van der Waals surface area contributed by atoms with Gasteiger partial charge in [0, 0.05) is 24.5 Å². The lowest BCUT2D eigenvalue weighted by atomic mass is 9.95. The first-order chi connectivity index (χ1) is 18.3. The predicted molar refractivity (Wildman–Crippen MR) is 143 cm³/mol. The maximum atomic E-state index is 13.1. The lowest BCUT2D eigenvalue weighted by Crippen LogP contribution is -2.32. The molecule has 0 saturated carbocycles. The van der Waals surface area contributed by atoms with Crippen LogP contribution in [0.1, 0.15) is 43.0 Å². The van der Waals surface area contributed by atoms with Crippen LogP contribution in [-0.2, 0) is 19.2 Å². The highest BCUT2D eigenvalue weighted by atomic mass is 16.5. The topological polar surface area (TPSA) is 158 Å². The Morgan fingerprint density at radius 2 is 1.77 bits per heavy atom. The van der Waals surface area contributed by atoms with Gasteiger partial charge in [0.25, 0.3) is 11.7 Å². The van der Waals surface area contributed by atoms with E-state index in [1.165, 1.54) is 0 Å². The van der Waals surface area contributed by atoms with E-state index >= 15 is 0 Å². The third kappa shape index (κ3) is 8.37. The van der Waals surface area contributed by atoms with Crippen molar-refractivity contribution in [2.45, 2.75) is 33.2 Å². The van der Waals surface area contributed by atoms with E-state index in [2.05, 4.69) is 18.8 Å². The van der Waals surface area contributed by atoms with Gasteiger partial charge in [0.1, 0.15) is 11.5 Å². The number of amides is 1. The van der Waals surface area contributed by atoms with Crippen LogP contribution in [-0.4, -0.2) is 87.5 Å². The number of aliphatic hydroxyl groups is 1. The summed E-state index contributed by atoms with van der Waals surface area (Å²) in [6, 6.07) is 8.20. The van der Waals surface area contributed by atoms with E-state index in [0.717, 1.165) is 17.9 Å². The summed E-state index contributed by atoms with van der Waals surface area (Å²) in [4.78, 5) is 52.0. The zero-order valence-electron chi connectivity index (χ0n) is 22.7. The highest BCUT2D eigenvalue weighted by molar-refractivity contribution is 6.46. The Hall–Kier alpha value is -4.25. The van der Waals surface area contributed by atoms with Gasteiger partial charge in [-0.15, -0.1) is 0 Å². The molecule has 0 aliphatic carbocycles. The largest absolute Gasteiger partial charge is 0.507 e. The van der Waals surface area contributed by atoms with Crippen molar-refractivity contribution in [2.75, 3.05) is 33.8 Å². The third-order valence-corrected chi connectivity index (χ3v) is 5.75. The fraction of sp³-hybridized carbons (Fsp3) is 0.393. The number of aliphatic hydroxyl groups excluding tert-OH is 1. The van der Waals surface area contributed by atoms with Crippen molar-refractivity contribution in [3.8, 4) is 5.75 Å². The summed E-state index contributed by atoms with van der Waals surface area (Å²) in [5, 5.41) is 26.0. The zero-order valence-corrected chi connectivity index (χ0v) is 22.7. The van der Waals surface area contributed by atoms with Gasteiger partial charge in [-0.25, -0.2) is 9.59 Å². The second-order valence-corrected chi connectivity index (χ2v) is 9.73. The van der Waals surface area contributed by atoms with Crippen molar-refractivity contribution in [1.29, 1.82) is 0 Å². The quantitative estimate of drug-likeness (QED) is 0.245. The Labute approximate surface area is 227 Å². The van der Waals surface area contributed by atoms with Gasteiger partial charge < -0.3 is 29.9 Å². The van der Waals surface area contributed by atoms with E-state index in [4.69, 9.17) is 24.5 Å².